The molecular weight excluding hydrogens is 540 g/mol. The first-order valence-corrected chi connectivity index (χ1v) is 15.4. The van der Waals surface area contributed by atoms with E-state index in [4.69, 9.17) is 4.74 Å². The average molecular weight is 589 g/mol. The molecule has 1 aliphatic heterocycles. The number of ether oxygens (including phenoxy) is 1. The van der Waals surface area contributed by atoms with E-state index in [1.54, 1.807) is 0 Å². The van der Waals surface area contributed by atoms with Gasteiger partial charge in [0.15, 0.2) is 0 Å². The van der Waals surface area contributed by atoms with Crippen molar-refractivity contribution >= 4 is 28.5 Å². The molecule has 4 rings (SSSR count). The molecule has 0 radical (unpaired) electrons. The summed E-state index contributed by atoms with van der Waals surface area (Å²) in [5.41, 5.74) is 2.40. The van der Waals surface area contributed by atoms with Crippen molar-refractivity contribution in [3.8, 4) is 5.75 Å². The van der Waals surface area contributed by atoms with E-state index in [9.17, 15) is 14.4 Å². The van der Waals surface area contributed by atoms with Gasteiger partial charge in [-0.25, -0.2) is 0 Å². The third kappa shape index (κ3) is 11.4. The van der Waals surface area contributed by atoms with Gasteiger partial charge in [-0.3, -0.25) is 14.4 Å². The first-order valence-electron chi connectivity index (χ1n) is 15.4. The van der Waals surface area contributed by atoms with Crippen LogP contribution in [0.3, 0.4) is 0 Å². The van der Waals surface area contributed by atoms with Gasteiger partial charge in [-0.05, 0) is 60.4 Å². The lowest BCUT2D eigenvalue weighted by atomic mass is 9.99. The van der Waals surface area contributed by atoms with Crippen LogP contribution >= 0.6 is 0 Å². The van der Waals surface area contributed by atoms with E-state index in [-0.39, 0.29) is 36.1 Å². The summed E-state index contributed by atoms with van der Waals surface area (Å²) in [5.74, 6) is 0.110. The van der Waals surface area contributed by atoms with E-state index in [0.29, 0.717) is 26.1 Å². The van der Waals surface area contributed by atoms with Gasteiger partial charge in [-0.15, -0.1) is 0 Å². The molecule has 232 valence electrons. The topological polar surface area (TPSA) is 109 Å². The van der Waals surface area contributed by atoms with E-state index in [2.05, 4.69) is 70.7 Å². The first kappa shape index (κ1) is 33.6. The minimum absolute atomic E-state index is 0.0808. The van der Waals surface area contributed by atoms with Crippen LogP contribution in [0.15, 0.2) is 66.7 Å². The Bertz CT molecular complexity index is 1340. The van der Waals surface area contributed by atoms with Crippen molar-refractivity contribution in [2.45, 2.75) is 66.0 Å². The molecule has 2 unspecified atom stereocenters. The third-order valence-electron chi connectivity index (χ3n) is 7.23. The maximum Gasteiger partial charge on any atom is 0.243 e. The van der Waals surface area contributed by atoms with Gasteiger partial charge in [0.1, 0.15) is 24.4 Å². The summed E-state index contributed by atoms with van der Waals surface area (Å²) in [6.07, 6.45) is 2.05. The number of benzene rings is 3. The average Bonchev–Trinajstić information content (AvgIpc) is 2.97. The summed E-state index contributed by atoms with van der Waals surface area (Å²) in [5, 5.41) is 14.3. The lowest BCUT2D eigenvalue weighted by molar-refractivity contribution is -0.133. The van der Waals surface area contributed by atoms with Crippen LogP contribution in [0.1, 0.15) is 51.7 Å². The molecule has 3 aromatic rings. The van der Waals surface area contributed by atoms with Crippen molar-refractivity contribution in [1.29, 1.82) is 0 Å². The van der Waals surface area contributed by atoms with Crippen LogP contribution in [0.5, 0.6) is 5.75 Å². The first-order chi connectivity index (χ1) is 20.6. The van der Waals surface area contributed by atoms with E-state index in [1.165, 1.54) is 16.3 Å². The van der Waals surface area contributed by atoms with Gasteiger partial charge in [0.2, 0.25) is 17.7 Å². The molecule has 0 aliphatic carbocycles. The number of amides is 3. The summed E-state index contributed by atoms with van der Waals surface area (Å²) in [4.78, 5) is 38.1. The highest BCUT2D eigenvalue weighted by Crippen LogP contribution is 2.19. The fourth-order valence-corrected chi connectivity index (χ4v) is 4.93. The standard InChI is InChI=1S/C24H38N4O4.C11H10/c1-16(2)14-19-23(30)26-11-7-9-18-8-5-6-10-20(18)32-13-12-25-15-21(29)28-22(17(3)4)24(31)27-19;1-9-6-7-10-4-2-3-5-11(10)8-9/h5-6,8,10,16-17,19,22,25H,7,9,11-15H2,1-4H3,(H,26,30)(H,27,31)(H,28,29);2-8H,1H3. The number of hydrogen-bond acceptors (Lipinski definition) is 5. The highest BCUT2D eigenvalue weighted by molar-refractivity contribution is 5.92. The number of aryl methyl sites for hydroxylation is 2. The Morgan fingerprint density at radius 3 is 2.30 bits per heavy atom. The monoisotopic (exact) mass is 588 g/mol. The molecule has 3 amide bonds. The molecule has 3 aromatic carbocycles. The van der Waals surface area contributed by atoms with Gasteiger partial charge in [-0.2, -0.15) is 0 Å². The summed E-state index contributed by atoms with van der Waals surface area (Å²) >= 11 is 0. The van der Waals surface area contributed by atoms with Gasteiger partial charge < -0.3 is 26.0 Å². The SMILES string of the molecule is CC(C)CC1NC(=O)C(C(C)C)NC(=O)CNCCOc2ccccc2CCCNC1=O.Cc1ccc2ccccc2c1. The number of fused-ring (bicyclic) bond motifs is 2. The van der Waals surface area contributed by atoms with Crippen molar-refractivity contribution in [2.24, 2.45) is 11.8 Å². The fourth-order valence-electron chi connectivity index (χ4n) is 4.93. The van der Waals surface area contributed by atoms with Crippen LogP contribution in [0.25, 0.3) is 10.8 Å². The number of nitrogens with one attached hydrogen (secondary N) is 4. The maximum atomic E-state index is 12.9. The Morgan fingerprint density at radius 2 is 1.56 bits per heavy atom. The fraction of sp³-hybridized carbons (Fsp3) is 0.457. The lowest BCUT2D eigenvalue weighted by Crippen LogP contribution is -2.56. The molecule has 43 heavy (non-hydrogen) atoms. The molecule has 0 spiro atoms. The van der Waals surface area contributed by atoms with Crippen molar-refractivity contribution in [3.63, 3.8) is 0 Å². The van der Waals surface area contributed by atoms with Crippen LogP contribution in [0, 0.1) is 18.8 Å². The molecule has 4 N–H and O–H groups in total. The Labute approximate surface area is 256 Å². The molecule has 8 nitrogen and oxygen atoms in total. The van der Waals surface area contributed by atoms with E-state index < -0.39 is 12.1 Å². The van der Waals surface area contributed by atoms with Gasteiger partial charge in [-0.1, -0.05) is 93.9 Å². The molecule has 1 aliphatic rings. The summed E-state index contributed by atoms with van der Waals surface area (Å²) < 4.78 is 5.88. The van der Waals surface area contributed by atoms with Crippen LogP contribution in [0.2, 0.25) is 0 Å². The Balaban J connectivity index is 0.000000380. The van der Waals surface area contributed by atoms with Gasteiger partial charge in [0.05, 0.1) is 6.54 Å². The predicted molar refractivity (Wildman–Crippen MR) is 173 cm³/mol. The molecule has 0 fully saturated rings. The Kier molecular flexibility index (Phi) is 13.5. The number of carbonyl (C=O) groups excluding carboxylic acids is 3. The minimum Gasteiger partial charge on any atom is -0.492 e. The van der Waals surface area contributed by atoms with Crippen molar-refractivity contribution in [3.05, 3.63) is 77.9 Å². The molecular formula is C35H48N4O4. The van der Waals surface area contributed by atoms with Gasteiger partial charge in [0.25, 0.3) is 0 Å². The van der Waals surface area contributed by atoms with Crippen LogP contribution in [0.4, 0.5) is 0 Å². The zero-order valence-electron chi connectivity index (χ0n) is 26.2. The zero-order valence-corrected chi connectivity index (χ0v) is 26.2. The van der Waals surface area contributed by atoms with Crippen molar-refractivity contribution in [1.82, 2.24) is 21.3 Å². The number of para-hydroxylation sites is 1. The van der Waals surface area contributed by atoms with Crippen molar-refractivity contribution < 1.29 is 19.1 Å². The Morgan fingerprint density at radius 1 is 0.837 bits per heavy atom. The molecule has 0 saturated heterocycles. The van der Waals surface area contributed by atoms with E-state index >= 15 is 0 Å². The third-order valence-corrected chi connectivity index (χ3v) is 7.23. The highest BCUT2D eigenvalue weighted by atomic mass is 16.5. The van der Waals surface area contributed by atoms with Crippen molar-refractivity contribution in [2.75, 3.05) is 26.2 Å². The van der Waals surface area contributed by atoms with E-state index in [0.717, 1.165) is 24.2 Å². The number of carbonyl (C=O) groups is 3. The Hall–Kier alpha value is -3.91. The number of hydrogen-bond donors (Lipinski definition) is 4. The summed E-state index contributed by atoms with van der Waals surface area (Å²) in [7, 11) is 0. The molecule has 0 bridgehead atoms. The van der Waals surface area contributed by atoms with Crippen LogP contribution in [-0.4, -0.2) is 56.0 Å². The molecule has 8 heteroatoms. The summed E-state index contributed by atoms with van der Waals surface area (Å²) in [6.45, 7) is 11.4. The quantitative estimate of drug-likeness (QED) is 0.360. The second-order valence-electron chi connectivity index (χ2n) is 11.9. The molecule has 0 aromatic heterocycles. The minimum atomic E-state index is -0.714. The van der Waals surface area contributed by atoms with E-state index in [1.807, 2.05) is 52.0 Å². The molecule has 2 atom stereocenters. The van der Waals surface area contributed by atoms with Gasteiger partial charge in [0, 0.05) is 13.1 Å². The van der Waals surface area contributed by atoms with Crippen LogP contribution < -0.4 is 26.0 Å². The second kappa shape index (κ2) is 17.3. The molecule has 1 heterocycles. The largest absolute Gasteiger partial charge is 0.492 e. The predicted octanol–water partition coefficient (Wildman–Crippen LogP) is 4.54. The smallest absolute Gasteiger partial charge is 0.243 e. The van der Waals surface area contributed by atoms with Gasteiger partial charge >= 0.3 is 0 Å². The highest BCUT2D eigenvalue weighted by Gasteiger charge is 2.29. The summed E-state index contributed by atoms with van der Waals surface area (Å²) in [6, 6.07) is 21.4. The zero-order chi connectivity index (χ0) is 31.2. The number of rotatable bonds is 3. The lowest BCUT2D eigenvalue weighted by Gasteiger charge is -2.26. The molecule has 0 saturated carbocycles. The second-order valence-corrected chi connectivity index (χ2v) is 11.9. The van der Waals surface area contributed by atoms with Crippen LogP contribution in [-0.2, 0) is 20.8 Å². The normalized spacial score (nSPS) is 19.1. The maximum absolute atomic E-state index is 12.9.